The predicted octanol–water partition coefficient (Wildman–Crippen LogP) is 4.42. The van der Waals surface area contributed by atoms with Gasteiger partial charge in [-0.05, 0) is 50.2 Å². The van der Waals surface area contributed by atoms with E-state index in [0.29, 0.717) is 27.9 Å². The lowest BCUT2D eigenvalue weighted by Gasteiger charge is -2.11. The number of ether oxygens (including phenoxy) is 2. The number of methoxy groups -OCH3 is 2. The molecule has 0 bridgehead atoms. The molecule has 0 aliphatic heterocycles. The van der Waals surface area contributed by atoms with Crippen LogP contribution < -0.4 is 19.5 Å². The summed E-state index contributed by atoms with van der Waals surface area (Å²) in [4.78, 5) is 17.2. The van der Waals surface area contributed by atoms with Crippen LogP contribution in [0.4, 0.5) is 5.13 Å². The number of nitrogens with zero attached hydrogens (tertiary/aromatic N) is 1. The normalized spacial score (nSPS) is 11.4. The molecule has 0 spiro atoms. The second-order valence-electron chi connectivity index (χ2n) is 6.98. The number of nitrogens with one attached hydrogen (secondary N) is 2. The average Bonchev–Trinajstić information content (AvgIpc) is 3.20. The number of rotatable bonds is 8. The molecule has 170 valence electrons. The fraction of sp³-hybridized carbons (Fsp3) is 0.238. The molecule has 32 heavy (non-hydrogen) atoms. The van der Waals surface area contributed by atoms with Gasteiger partial charge in [0.1, 0.15) is 11.5 Å². The molecule has 1 heterocycles. The maximum Gasteiger partial charge on any atom is 0.259 e. The first kappa shape index (κ1) is 24.0. The van der Waals surface area contributed by atoms with Gasteiger partial charge in [-0.3, -0.25) is 10.1 Å². The predicted molar refractivity (Wildman–Crippen MR) is 126 cm³/mol. The zero-order chi connectivity index (χ0) is 23.5. The third kappa shape index (κ3) is 5.39. The van der Waals surface area contributed by atoms with Crippen molar-refractivity contribution in [1.29, 1.82) is 0 Å². The van der Waals surface area contributed by atoms with Gasteiger partial charge in [-0.1, -0.05) is 11.6 Å². The molecule has 0 unspecified atom stereocenters. The molecule has 2 aromatic carbocycles. The van der Waals surface area contributed by atoms with Crippen LogP contribution in [0.5, 0.6) is 11.5 Å². The van der Waals surface area contributed by atoms with Gasteiger partial charge in [0.25, 0.3) is 5.91 Å². The number of anilines is 1. The zero-order valence-corrected chi connectivity index (χ0v) is 20.2. The van der Waals surface area contributed by atoms with Gasteiger partial charge in [-0.2, -0.15) is 0 Å². The van der Waals surface area contributed by atoms with Crippen molar-refractivity contribution in [2.24, 2.45) is 0 Å². The lowest BCUT2D eigenvalue weighted by Crippen LogP contribution is -2.30. The van der Waals surface area contributed by atoms with Crippen molar-refractivity contribution in [3.05, 3.63) is 52.4 Å². The van der Waals surface area contributed by atoms with E-state index in [-0.39, 0.29) is 21.5 Å². The summed E-state index contributed by atoms with van der Waals surface area (Å²) in [7, 11) is -0.663. The van der Waals surface area contributed by atoms with Gasteiger partial charge in [-0.25, -0.2) is 18.1 Å². The molecular formula is C21H22ClN3O5S2. The average molecular weight is 496 g/mol. The van der Waals surface area contributed by atoms with Gasteiger partial charge in [-0.15, -0.1) is 11.3 Å². The summed E-state index contributed by atoms with van der Waals surface area (Å²) in [5.74, 6) is 0.668. The Bertz CT molecular complexity index is 1240. The highest BCUT2D eigenvalue weighted by atomic mass is 35.5. The van der Waals surface area contributed by atoms with Crippen molar-refractivity contribution in [1.82, 2.24) is 9.71 Å². The maximum absolute atomic E-state index is 12.8. The number of aromatic nitrogens is 1. The van der Waals surface area contributed by atoms with E-state index in [1.807, 2.05) is 0 Å². The fourth-order valence-corrected chi connectivity index (χ4v) is 5.04. The van der Waals surface area contributed by atoms with Crippen LogP contribution in [0.15, 0.2) is 46.7 Å². The molecule has 0 aliphatic rings. The number of thiazole rings is 1. The van der Waals surface area contributed by atoms with Gasteiger partial charge in [0.2, 0.25) is 10.0 Å². The zero-order valence-electron chi connectivity index (χ0n) is 17.8. The van der Waals surface area contributed by atoms with E-state index in [1.54, 1.807) is 51.6 Å². The Morgan fingerprint density at radius 2 is 1.88 bits per heavy atom. The van der Waals surface area contributed by atoms with Crippen molar-refractivity contribution in [3.8, 4) is 22.8 Å². The Morgan fingerprint density at radius 1 is 1.12 bits per heavy atom. The summed E-state index contributed by atoms with van der Waals surface area (Å²) in [5, 5.41) is 4.88. The van der Waals surface area contributed by atoms with E-state index in [9.17, 15) is 13.2 Å². The molecule has 3 aromatic rings. The minimum Gasteiger partial charge on any atom is -0.497 e. The Morgan fingerprint density at radius 3 is 2.53 bits per heavy atom. The third-order valence-electron chi connectivity index (χ3n) is 4.29. The standard InChI is InChI=1S/C21H22ClN3O5S2/c1-12(2)25-32(27,28)14-6-7-17(22)15(10-14)20(26)24-21-23-18(11-31-21)16-9-13(29-3)5-8-19(16)30-4/h5-12,25H,1-4H3,(H,23,24,26). The highest BCUT2D eigenvalue weighted by Gasteiger charge is 2.20. The van der Waals surface area contributed by atoms with Crippen molar-refractivity contribution in [2.75, 3.05) is 19.5 Å². The van der Waals surface area contributed by atoms with E-state index in [0.717, 1.165) is 0 Å². The molecule has 1 amide bonds. The Balaban J connectivity index is 1.87. The fourth-order valence-electron chi connectivity index (χ4n) is 2.86. The number of benzene rings is 2. The van der Waals surface area contributed by atoms with E-state index < -0.39 is 15.9 Å². The summed E-state index contributed by atoms with van der Waals surface area (Å²) >= 11 is 7.37. The van der Waals surface area contributed by atoms with Crippen LogP contribution in [0, 0.1) is 0 Å². The molecule has 0 atom stereocenters. The van der Waals surface area contributed by atoms with Crippen molar-refractivity contribution in [2.45, 2.75) is 24.8 Å². The molecule has 1 aromatic heterocycles. The van der Waals surface area contributed by atoms with Crippen molar-refractivity contribution >= 4 is 44.0 Å². The Hall–Kier alpha value is -2.66. The van der Waals surface area contributed by atoms with Crippen LogP contribution in [0.2, 0.25) is 5.02 Å². The molecule has 0 saturated heterocycles. The smallest absolute Gasteiger partial charge is 0.259 e. The molecule has 0 saturated carbocycles. The minimum absolute atomic E-state index is 0.0222. The van der Waals surface area contributed by atoms with Gasteiger partial charge < -0.3 is 9.47 Å². The van der Waals surface area contributed by atoms with Gasteiger partial charge in [0.15, 0.2) is 5.13 Å². The molecule has 0 fully saturated rings. The van der Waals surface area contributed by atoms with Crippen LogP contribution in [0.1, 0.15) is 24.2 Å². The number of halogens is 1. The number of carbonyl (C=O) groups is 1. The first-order chi connectivity index (χ1) is 15.1. The Labute approximate surface area is 195 Å². The molecular weight excluding hydrogens is 474 g/mol. The number of sulfonamides is 1. The number of hydrogen-bond acceptors (Lipinski definition) is 7. The lowest BCUT2D eigenvalue weighted by atomic mass is 10.1. The molecule has 0 aliphatic carbocycles. The maximum atomic E-state index is 12.8. The Kier molecular flexibility index (Phi) is 7.40. The highest BCUT2D eigenvalue weighted by molar-refractivity contribution is 7.89. The number of carbonyl (C=O) groups excluding carboxylic acids is 1. The summed E-state index contributed by atoms with van der Waals surface area (Å²) in [6, 6.07) is 8.99. The van der Waals surface area contributed by atoms with Crippen LogP contribution in [-0.2, 0) is 10.0 Å². The largest absolute Gasteiger partial charge is 0.497 e. The number of hydrogen-bond donors (Lipinski definition) is 2. The summed E-state index contributed by atoms with van der Waals surface area (Å²) in [5.41, 5.74) is 1.31. The quantitative estimate of drug-likeness (QED) is 0.479. The molecule has 8 nitrogen and oxygen atoms in total. The topological polar surface area (TPSA) is 107 Å². The number of amides is 1. The monoisotopic (exact) mass is 495 g/mol. The molecule has 11 heteroatoms. The highest BCUT2D eigenvalue weighted by Crippen LogP contribution is 2.35. The van der Waals surface area contributed by atoms with Crippen molar-refractivity contribution in [3.63, 3.8) is 0 Å². The van der Waals surface area contributed by atoms with Crippen LogP contribution in [-0.4, -0.2) is 39.6 Å². The van der Waals surface area contributed by atoms with Gasteiger partial charge in [0.05, 0.1) is 35.4 Å². The van der Waals surface area contributed by atoms with E-state index in [2.05, 4.69) is 15.0 Å². The van der Waals surface area contributed by atoms with Crippen LogP contribution >= 0.6 is 22.9 Å². The van der Waals surface area contributed by atoms with Gasteiger partial charge >= 0.3 is 0 Å². The molecule has 2 N–H and O–H groups in total. The van der Waals surface area contributed by atoms with Crippen molar-refractivity contribution < 1.29 is 22.7 Å². The summed E-state index contributed by atoms with van der Waals surface area (Å²) in [6.07, 6.45) is 0. The summed E-state index contributed by atoms with van der Waals surface area (Å²) in [6.45, 7) is 3.41. The summed E-state index contributed by atoms with van der Waals surface area (Å²) < 4.78 is 38.0. The third-order valence-corrected chi connectivity index (χ3v) is 7.03. The van der Waals surface area contributed by atoms with Gasteiger partial charge in [0, 0.05) is 17.0 Å². The SMILES string of the molecule is COc1ccc(OC)c(-c2csc(NC(=O)c3cc(S(=O)(=O)NC(C)C)ccc3Cl)n2)c1. The van der Waals surface area contributed by atoms with Crippen LogP contribution in [0.25, 0.3) is 11.3 Å². The molecule has 3 rings (SSSR count). The first-order valence-electron chi connectivity index (χ1n) is 9.45. The van der Waals surface area contributed by atoms with E-state index in [1.165, 1.54) is 29.5 Å². The lowest BCUT2D eigenvalue weighted by molar-refractivity contribution is 0.102. The minimum atomic E-state index is -3.78. The first-order valence-corrected chi connectivity index (χ1v) is 12.2. The van der Waals surface area contributed by atoms with Crippen LogP contribution in [0.3, 0.4) is 0 Å². The molecule has 0 radical (unpaired) electrons. The van der Waals surface area contributed by atoms with E-state index >= 15 is 0 Å². The second-order valence-corrected chi connectivity index (χ2v) is 9.96. The second kappa shape index (κ2) is 9.86. The van der Waals surface area contributed by atoms with E-state index in [4.69, 9.17) is 21.1 Å².